The van der Waals surface area contributed by atoms with E-state index < -0.39 is 0 Å². The number of benzene rings is 2. The standard InChI is InChI=1S/C19H20Cl2N2O2/c1-12-6-4-7-13(2)19(12)22-17(24)11-23(3)18(25)10-14-15(20)8-5-9-16(14)21/h4-9H,10-11H2,1-3H3,(H,22,24). The van der Waals surface area contributed by atoms with Gasteiger partial charge in [-0.1, -0.05) is 47.5 Å². The molecular formula is C19H20Cl2N2O2. The molecule has 6 heteroatoms. The molecule has 0 atom stereocenters. The number of likely N-dealkylation sites (N-methyl/N-ethyl adjacent to an activating group) is 1. The second-order valence-corrected chi connectivity index (χ2v) is 6.76. The molecule has 0 aliphatic heterocycles. The van der Waals surface area contributed by atoms with Gasteiger partial charge in [0.2, 0.25) is 11.8 Å². The zero-order valence-corrected chi connectivity index (χ0v) is 15.9. The van der Waals surface area contributed by atoms with Gasteiger partial charge in [-0.25, -0.2) is 0 Å². The zero-order chi connectivity index (χ0) is 18.6. The fourth-order valence-corrected chi connectivity index (χ4v) is 3.01. The van der Waals surface area contributed by atoms with Gasteiger partial charge in [-0.3, -0.25) is 9.59 Å². The van der Waals surface area contributed by atoms with Gasteiger partial charge in [-0.15, -0.1) is 0 Å². The van der Waals surface area contributed by atoms with Gasteiger partial charge in [0.15, 0.2) is 0 Å². The number of carbonyl (C=O) groups is 2. The van der Waals surface area contributed by atoms with Gasteiger partial charge >= 0.3 is 0 Å². The maximum absolute atomic E-state index is 12.4. The first-order valence-electron chi connectivity index (χ1n) is 7.82. The first-order chi connectivity index (χ1) is 11.8. The van der Waals surface area contributed by atoms with Crippen LogP contribution in [0.15, 0.2) is 36.4 Å². The van der Waals surface area contributed by atoms with E-state index in [0.29, 0.717) is 15.6 Å². The minimum absolute atomic E-state index is 0.0469. The highest BCUT2D eigenvalue weighted by Crippen LogP contribution is 2.25. The number of halogens is 2. The summed E-state index contributed by atoms with van der Waals surface area (Å²) in [5, 5.41) is 3.74. The van der Waals surface area contributed by atoms with E-state index >= 15 is 0 Å². The summed E-state index contributed by atoms with van der Waals surface area (Å²) in [5.41, 5.74) is 3.30. The lowest BCUT2D eigenvalue weighted by atomic mass is 10.1. The Morgan fingerprint density at radius 2 is 1.52 bits per heavy atom. The topological polar surface area (TPSA) is 49.4 Å². The average Bonchev–Trinajstić information content (AvgIpc) is 2.54. The summed E-state index contributed by atoms with van der Waals surface area (Å²) >= 11 is 12.2. The van der Waals surface area contributed by atoms with E-state index in [1.54, 1.807) is 25.2 Å². The molecule has 25 heavy (non-hydrogen) atoms. The molecule has 0 saturated heterocycles. The lowest BCUT2D eigenvalue weighted by Crippen LogP contribution is -2.36. The van der Waals surface area contributed by atoms with E-state index in [2.05, 4.69) is 5.32 Å². The average molecular weight is 379 g/mol. The van der Waals surface area contributed by atoms with Crippen LogP contribution in [0.5, 0.6) is 0 Å². The number of amides is 2. The molecule has 2 aromatic carbocycles. The van der Waals surface area contributed by atoms with Crippen molar-refractivity contribution in [1.29, 1.82) is 0 Å². The molecule has 0 fully saturated rings. The van der Waals surface area contributed by atoms with Crippen LogP contribution in [-0.2, 0) is 16.0 Å². The van der Waals surface area contributed by atoms with E-state index in [1.165, 1.54) is 4.90 Å². The Hall–Kier alpha value is -2.04. The summed E-state index contributed by atoms with van der Waals surface area (Å²) in [6.45, 7) is 3.81. The van der Waals surface area contributed by atoms with Crippen LogP contribution in [0.1, 0.15) is 16.7 Å². The maximum Gasteiger partial charge on any atom is 0.243 e. The van der Waals surface area contributed by atoms with Crippen molar-refractivity contribution in [3.8, 4) is 0 Å². The SMILES string of the molecule is Cc1cccc(C)c1NC(=O)CN(C)C(=O)Cc1c(Cl)cccc1Cl. The van der Waals surface area contributed by atoms with Gasteiger partial charge in [0.05, 0.1) is 13.0 Å². The molecule has 1 N–H and O–H groups in total. The first kappa shape index (κ1) is 19.3. The minimum Gasteiger partial charge on any atom is -0.336 e. The van der Waals surface area contributed by atoms with Crippen LogP contribution in [0.2, 0.25) is 10.0 Å². The summed E-state index contributed by atoms with van der Waals surface area (Å²) in [5.74, 6) is -0.481. The fraction of sp³-hybridized carbons (Fsp3) is 0.263. The van der Waals surface area contributed by atoms with E-state index in [4.69, 9.17) is 23.2 Å². The van der Waals surface area contributed by atoms with Crippen molar-refractivity contribution in [2.24, 2.45) is 0 Å². The number of para-hydroxylation sites is 1. The largest absolute Gasteiger partial charge is 0.336 e. The number of nitrogens with one attached hydrogen (secondary N) is 1. The monoisotopic (exact) mass is 378 g/mol. The number of hydrogen-bond donors (Lipinski definition) is 1. The predicted molar refractivity (Wildman–Crippen MR) is 102 cm³/mol. The molecule has 0 spiro atoms. The van der Waals surface area contributed by atoms with Crippen molar-refractivity contribution in [2.75, 3.05) is 18.9 Å². The van der Waals surface area contributed by atoms with Crippen LogP contribution in [-0.4, -0.2) is 30.3 Å². The Morgan fingerprint density at radius 1 is 1.00 bits per heavy atom. The number of hydrogen-bond acceptors (Lipinski definition) is 2. The Balaban J connectivity index is 2.00. The van der Waals surface area contributed by atoms with Crippen LogP contribution in [0, 0.1) is 13.8 Å². The van der Waals surface area contributed by atoms with E-state index in [-0.39, 0.29) is 24.8 Å². The van der Waals surface area contributed by atoms with E-state index in [1.807, 2.05) is 32.0 Å². The molecule has 0 saturated carbocycles. The normalized spacial score (nSPS) is 10.4. The Labute approximate surface area is 157 Å². The number of anilines is 1. The summed E-state index contributed by atoms with van der Waals surface area (Å²) in [6.07, 6.45) is 0.0473. The van der Waals surface area contributed by atoms with Crippen LogP contribution < -0.4 is 5.32 Å². The van der Waals surface area contributed by atoms with E-state index in [9.17, 15) is 9.59 Å². The molecule has 0 radical (unpaired) electrons. The molecule has 2 amide bonds. The number of nitrogens with zero attached hydrogens (tertiary/aromatic N) is 1. The molecular weight excluding hydrogens is 359 g/mol. The quantitative estimate of drug-likeness (QED) is 0.845. The molecule has 0 aliphatic carbocycles. The van der Waals surface area contributed by atoms with Gasteiger partial charge in [0.1, 0.15) is 0 Å². The lowest BCUT2D eigenvalue weighted by molar-refractivity contribution is -0.132. The van der Waals surface area contributed by atoms with Crippen molar-refractivity contribution in [3.05, 3.63) is 63.1 Å². The summed E-state index contributed by atoms with van der Waals surface area (Å²) in [7, 11) is 1.58. The molecule has 0 aromatic heterocycles. The third-order valence-corrected chi connectivity index (χ3v) is 4.65. The molecule has 4 nitrogen and oxygen atoms in total. The molecule has 132 valence electrons. The van der Waals surface area contributed by atoms with Gasteiger partial charge in [0, 0.05) is 22.8 Å². The van der Waals surface area contributed by atoms with Crippen LogP contribution in [0.3, 0.4) is 0 Å². The molecule has 0 aliphatic rings. The second kappa shape index (κ2) is 8.37. The molecule has 0 unspecified atom stereocenters. The second-order valence-electron chi connectivity index (χ2n) is 5.94. The van der Waals surface area contributed by atoms with Crippen molar-refractivity contribution in [3.63, 3.8) is 0 Å². The van der Waals surface area contributed by atoms with Crippen molar-refractivity contribution < 1.29 is 9.59 Å². The number of carbonyl (C=O) groups excluding carboxylic acids is 2. The van der Waals surface area contributed by atoms with Crippen molar-refractivity contribution >= 4 is 40.7 Å². The third-order valence-electron chi connectivity index (χ3n) is 3.94. The molecule has 2 aromatic rings. The zero-order valence-electron chi connectivity index (χ0n) is 14.4. The highest BCUT2D eigenvalue weighted by atomic mass is 35.5. The molecule has 0 bridgehead atoms. The third kappa shape index (κ3) is 4.97. The smallest absolute Gasteiger partial charge is 0.243 e. The fourth-order valence-electron chi connectivity index (χ4n) is 2.48. The maximum atomic E-state index is 12.4. The highest BCUT2D eigenvalue weighted by Gasteiger charge is 2.17. The van der Waals surface area contributed by atoms with Gasteiger partial charge in [-0.05, 0) is 42.7 Å². The van der Waals surface area contributed by atoms with Crippen LogP contribution >= 0.6 is 23.2 Å². The van der Waals surface area contributed by atoms with Crippen molar-refractivity contribution in [1.82, 2.24) is 4.90 Å². The lowest BCUT2D eigenvalue weighted by Gasteiger charge is -2.19. The van der Waals surface area contributed by atoms with Crippen molar-refractivity contribution in [2.45, 2.75) is 20.3 Å². The first-order valence-corrected chi connectivity index (χ1v) is 8.58. The number of rotatable bonds is 5. The highest BCUT2D eigenvalue weighted by molar-refractivity contribution is 6.36. The summed E-state index contributed by atoms with van der Waals surface area (Å²) < 4.78 is 0. The molecule has 0 heterocycles. The Kier molecular flexibility index (Phi) is 6.45. The minimum atomic E-state index is -0.251. The predicted octanol–water partition coefficient (Wildman–Crippen LogP) is 4.25. The van der Waals surface area contributed by atoms with Gasteiger partial charge in [-0.2, -0.15) is 0 Å². The van der Waals surface area contributed by atoms with E-state index in [0.717, 1.165) is 16.8 Å². The summed E-state index contributed by atoms with van der Waals surface area (Å²) in [4.78, 5) is 26.0. The van der Waals surface area contributed by atoms with Gasteiger partial charge in [0.25, 0.3) is 0 Å². The number of aryl methyl sites for hydroxylation is 2. The van der Waals surface area contributed by atoms with Gasteiger partial charge < -0.3 is 10.2 Å². The Morgan fingerprint density at radius 3 is 2.08 bits per heavy atom. The Bertz CT molecular complexity index is 766. The van der Waals surface area contributed by atoms with Crippen LogP contribution in [0.4, 0.5) is 5.69 Å². The van der Waals surface area contributed by atoms with Crippen LogP contribution in [0.25, 0.3) is 0 Å². The summed E-state index contributed by atoms with van der Waals surface area (Å²) in [6, 6.07) is 10.9. The molecule has 2 rings (SSSR count).